The van der Waals surface area contributed by atoms with E-state index in [1.165, 1.54) is 22.3 Å². The maximum atomic E-state index is 11.9. The predicted octanol–water partition coefficient (Wildman–Crippen LogP) is 3.76. The molecule has 3 aliphatic rings. The minimum absolute atomic E-state index is 0.0302. The maximum Gasteiger partial charge on any atom is 0.310 e. The van der Waals surface area contributed by atoms with Crippen molar-refractivity contribution in [2.75, 3.05) is 0 Å². The third kappa shape index (κ3) is 1.26. The summed E-state index contributed by atoms with van der Waals surface area (Å²) in [5, 5.41) is 9.77. The zero-order valence-corrected chi connectivity index (χ0v) is 11.3. The number of carboxylic acids is 1. The molecule has 5 rings (SSSR count). The Hall–Kier alpha value is -2.09. The average Bonchev–Trinajstić information content (AvgIpc) is 2.47. The number of carboxylic acid groups (broad SMARTS) is 1. The van der Waals surface area contributed by atoms with Crippen molar-refractivity contribution >= 4 is 5.97 Å². The molecule has 0 saturated heterocycles. The first-order valence-electron chi connectivity index (χ1n) is 7.04. The summed E-state index contributed by atoms with van der Waals surface area (Å²) in [4.78, 5) is 11.9. The van der Waals surface area contributed by atoms with Crippen LogP contribution in [0.2, 0.25) is 0 Å². The van der Waals surface area contributed by atoms with Crippen LogP contribution in [0.3, 0.4) is 0 Å². The second kappa shape index (κ2) is 3.72. The van der Waals surface area contributed by atoms with E-state index in [0.29, 0.717) is 6.42 Å². The van der Waals surface area contributed by atoms with E-state index in [-0.39, 0.29) is 11.8 Å². The van der Waals surface area contributed by atoms with Crippen LogP contribution in [0.4, 0.5) is 0 Å². The van der Waals surface area contributed by atoms with Crippen molar-refractivity contribution in [2.24, 2.45) is 5.41 Å². The van der Waals surface area contributed by atoms with Crippen LogP contribution in [0.5, 0.6) is 0 Å². The van der Waals surface area contributed by atoms with Crippen molar-refractivity contribution in [1.82, 2.24) is 0 Å². The number of fused-ring (bicyclic) bond motifs is 1. The second-order valence-electron chi connectivity index (χ2n) is 6.17. The summed E-state index contributed by atoms with van der Waals surface area (Å²) < 4.78 is 0. The fourth-order valence-electron chi connectivity index (χ4n) is 4.18. The van der Waals surface area contributed by atoms with Gasteiger partial charge in [0, 0.05) is 11.8 Å². The molecule has 0 unspecified atom stereocenters. The standard InChI is InChI=1S/C18H16O2/c1-18(17(19)20)10-15-11-6-2-4-8-13(11)16(18)14-9-5-3-7-12(14)15/h2-9,15-16H,10H2,1H3,(H,19,20)/t15?,16?,18-/m0/s1. The largest absolute Gasteiger partial charge is 0.481 e. The van der Waals surface area contributed by atoms with Crippen LogP contribution in [-0.4, -0.2) is 11.1 Å². The van der Waals surface area contributed by atoms with Gasteiger partial charge in [0.25, 0.3) is 0 Å². The highest BCUT2D eigenvalue weighted by molar-refractivity contribution is 5.80. The SMILES string of the molecule is C[C@]1(C(=O)O)CC2c3ccccc3C1c1ccccc12. The Kier molecular flexibility index (Phi) is 2.18. The van der Waals surface area contributed by atoms with Gasteiger partial charge >= 0.3 is 5.97 Å². The van der Waals surface area contributed by atoms with Crippen LogP contribution < -0.4 is 0 Å². The molecular formula is C18H16O2. The number of hydrogen-bond acceptors (Lipinski definition) is 1. The Morgan fingerprint density at radius 2 is 1.45 bits per heavy atom. The number of benzene rings is 2. The van der Waals surface area contributed by atoms with Gasteiger partial charge in [-0.25, -0.2) is 0 Å². The minimum atomic E-state index is -0.701. The molecule has 0 amide bonds. The fraction of sp³-hybridized carbons (Fsp3) is 0.278. The van der Waals surface area contributed by atoms with E-state index in [9.17, 15) is 9.90 Å². The van der Waals surface area contributed by atoms with Gasteiger partial charge < -0.3 is 5.11 Å². The average molecular weight is 264 g/mol. The van der Waals surface area contributed by atoms with Crippen molar-refractivity contribution < 1.29 is 9.90 Å². The molecule has 2 aromatic carbocycles. The highest BCUT2D eigenvalue weighted by Gasteiger charge is 2.53. The lowest BCUT2D eigenvalue weighted by Gasteiger charge is -2.49. The van der Waals surface area contributed by atoms with Crippen LogP contribution in [0, 0.1) is 5.41 Å². The molecule has 0 aliphatic heterocycles. The van der Waals surface area contributed by atoms with Crippen molar-refractivity contribution in [3.63, 3.8) is 0 Å². The molecule has 2 nitrogen and oxygen atoms in total. The third-order valence-corrected chi connectivity index (χ3v) is 5.12. The Labute approximate surface area is 118 Å². The van der Waals surface area contributed by atoms with E-state index in [4.69, 9.17) is 0 Å². The molecule has 1 N–H and O–H groups in total. The molecular weight excluding hydrogens is 248 g/mol. The van der Waals surface area contributed by atoms with Crippen molar-refractivity contribution in [2.45, 2.75) is 25.2 Å². The number of aliphatic carboxylic acids is 1. The monoisotopic (exact) mass is 264 g/mol. The van der Waals surface area contributed by atoms with Gasteiger partial charge in [-0.15, -0.1) is 0 Å². The molecule has 0 radical (unpaired) electrons. The first-order chi connectivity index (χ1) is 9.63. The Morgan fingerprint density at radius 3 is 1.90 bits per heavy atom. The number of carbonyl (C=O) groups is 1. The Bertz CT molecular complexity index is 671. The lowest BCUT2D eigenvalue weighted by Crippen LogP contribution is -2.44. The molecule has 2 bridgehead atoms. The molecule has 0 spiro atoms. The van der Waals surface area contributed by atoms with Gasteiger partial charge in [-0.2, -0.15) is 0 Å². The van der Waals surface area contributed by atoms with Gasteiger partial charge in [-0.05, 0) is 35.6 Å². The number of hydrogen-bond donors (Lipinski definition) is 1. The highest BCUT2D eigenvalue weighted by Crippen LogP contribution is 2.60. The van der Waals surface area contributed by atoms with Gasteiger partial charge in [0.2, 0.25) is 0 Å². The van der Waals surface area contributed by atoms with Crippen LogP contribution in [-0.2, 0) is 4.79 Å². The molecule has 2 aromatic rings. The van der Waals surface area contributed by atoms with Gasteiger partial charge in [0.05, 0.1) is 5.41 Å². The van der Waals surface area contributed by atoms with Crippen molar-refractivity contribution in [3.05, 3.63) is 70.8 Å². The zero-order valence-electron chi connectivity index (χ0n) is 11.3. The minimum Gasteiger partial charge on any atom is -0.481 e. The van der Waals surface area contributed by atoms with Gasteiger partial charge in [-0.1, -0.05) is 48.5 Å². The van der Waals surface area contributed by atoms with Crippen molar-refractivity contribution in [3.8, 4) is 0 Å². The number of rotatable bonds is 1. The predicted molar refractivity (Wildman–Crippen MR) is 76.9 cm³/mol. The molecule has 20 heavy (non-hydrogen) atoms. The fourth-order valence-corrected chi connectivity index (χ4v) is 4.18. The molecule has 0 saturated carbocycles. The lowest BCUT2D eigenvalue weighted by atomic mass is 9.53. The summed E-state index contributed by atoms with van der Waals surface area (Å²) in [6.45, 7) is 1.90. The van der Waals surface area contributed by atoms with Crippen LogP contribution in [0.25, 0.3) is 0 Å². The first kappa shape index (κ1) is 11.7. The Morgan fingerprint density at radius 1 is 1.00 bits per heavy atom. The van der Waals surface area contributed by atoms with E-state index < -0.39 is 11.4 Å². The molecule has 0 fully saturated rings. The van der Waals surface area contributed by atoms with Gasteiger partial charge in [0.15, 0.2) is 0 Å². The maximum absolute atomic E-state index is 11.9. The molecule has 100 valence electrons. The third-order valence-electron chi connectivity index (χ3n) is 5.12. The van der Waals surface area contributed by atoms with E-state index in [0.717, 1.165) is 0 Å². The summed E-state index contributed by atoms with van der Waals surface area (Å²) in [5.41, 5.74) is 4.33. The van der Waals surface area contributed by atoms with Crippen LogP contribution in [0.15, 0.2) is 48.5 Å². The summed E-state index contributed by atoms with van der Waals surface area (Å²) in [5.74, 6) is -0.498. The van der Waals surface area contributed by atoms with E-state index >= 15 is 0 Å². The van der Waals surface area contributed by atoms with Gasteiger partial charge in [0.1, 0.15) is 0 Å². The van der Waals surface area contributed by atoms with E-state index in [1.807, 2.05) is 19.1 Å². The van der Waals surface area contributed by atoms with Gasteiger partial charge in [-0.3, -0.25) is 4.79 Å². The van der Waals surface area contributed by atoms with E-state index in [2.05, 4.69) is 36.4 Å². The summed E-state index contributed by atoms with van der Waals surface area (Å²) in [6, 6.07) is 16.7. The molecule has 3 aliphatic carbocycles. The molecule has 2 heteroatoms. The molecule has 1 atom stereocenters. The van der Waals surface area contributed by atoms with Crippen LogP contribution >= 0.6 is 0 Å². The highest BCUT2D eigenvalue weighted by atomic mass is 16.4. The zero-order chi connectivity index (χ0) is 13.9. The topological polar surface area (TPSA) is 37.3 Å². The molecule has 0 heterocycles. The first-order valence-corrected chi connectivity index (χ1v) is 7.04. The lowest BCUT2D eigenvalue weighted by molar-refractivity contribution is -0.150. The van der Waals surface area contributed by atoms with Crippen molar-refractivity contribution in [1.29, 1.82) is 0 Å². The summed E-state index contributed by atoms with van der Waals surface area (Å²) in [6.07, 6.45) is 0.695. The molecule has 0 aromatic heterocycles. The summed E-state index contributed by atoms with van der Waals surface area (Å²) >= 11 is 0. The quantitative estimate of drug-likeness (QED) is 0.851. The van der Waals surface area contributed by atoms with Crippen LogP contribution in [0.1, 0.15) is 47.4 Å². The second-order valence-corrected chi connectivity index (χ2v) is 6.17. The normalized spacial score (nSPS) is 29.6. The smallest absolute Gasteiger partial charge is 0.310 e. The Balaban J connectivity index is 2.05. The summed E-state index contributed by atoms with van der Waals surface area (Å²) in [7, 11) is 0. The van der Waals surface area contributed by atoms with E-state index in [1.54, 1.807) is 0 Å².